The van der Waals surface area contributed by atoms with Gasteiger partial charge in [-0.25, -0.2) is 5.43 Å². The molecule has 1 aromatic carbocycles. The standard InChI is InChI=1S/C14H17ClN4OS/c1-2-20-13-7-12(10(15)6-9(13)8-16)19-5-3-4-11(18-19)14(17)21/h6-7,11,18H,2-5H2,1H3,(H2,17,21). The maximum atomic E-state index is 9.13. The van der Waals surface area contributed by atoms with Crippen LogP contribution in [0.15, 0.2) is 12.1 Å². The van der Waals surface area contributed by atoms with E-state index in [1.165, 1.54) is 0 Å². The molecular weight excluding hydrogens is 308 g/mol. The van der Waals surface area contributed by atoms with E-state index in [0.717, 1.165) is 25.1 Å². The predicted octanol–water partition coefficient (Wildman–Crippen LogP) is 2.37. The SMILES string of the molecule is CCOc1cc(N2CCCC(C(N)=S)N2)c(Cl)cc1C#N. The smallest absolute Gasteiger partial charge is 0.139 e. The van der Waals surface area contributed by atoms with Crippen LogP contribution in [0.1, 0.15) is 25.3 Å². The van der Waals surface area contributed by atoms with Crippen molar-refractivity contribution in [3.05, 3.63) is 22.7 Å². The summed E-state index contributed by atoms with van der Waals surface area (Å²) in [5, 5.41) is 11.5. The molecule has 0 aromatic heterocycles. The van der Waals surface area contributed by atoms with E-state index in [2.05, 4.69) is 11.5 Å². The minimum absolute atomic E-state index is 0.0454. The Morgan fingerprint density at radius 1 is 1.67 bits per heavy atom. The van der Waals surface area contributed by atoms with Crippen LogP contribution >= 0.6 is 23.8 Å². The number of nitrogens with zero attached hydrogens (tertiary/aromatic N) is 2. The highest BCUT2D eigenvalue weighted by Crippen LogP contribution is 2.33. The highest BCUT2D eigenvalue weighted by molar-refractivity contribution is 7.80. The number of nitrogens with one attached hydrogen (secondary N) is 1. The molecule has 0 saturated carbocycles. The van der Waals surface area contributed by atoms with Gasteiger partial charge in [0, 0.05) is 12.6 Å². The van der Waals surface area contributed by atoms with Crippen LogP contribution in [-0.2, 0) is 0 Å². The van der Waals surface area contributed by atoms with Gasteiger partial charge in [-0.15, -0.1) is 0 Å². The average Bonchev–Trinajstić information content (AvgIpc) is 2.49. The number of rotatable bonds is 4. The van der Waals surface area contributed by atoms with Crippen molar-refractivity contribution in [3.8, 4) is 11.8 Å². The van der Waals surface area contributed by atoms with Crippen molar-refractivity contribution in [2.45, 2.75) is 25.8 Å². The van der Waals surface area contributed by atoms with Crippen LogP contribution in [0.3, 0.4) is 0 Å². The summed E-state index contributed by atoms with van der Waals surface area (Å²) < 4.78 is 5.50. The van der Waals surface area contributed by atoms with E-state index in [9.17, 15) is 0 Å². The highest BCUT2D eigenvalue weighted by Gasteiger charge is 2.23. The van der Waals surface area contributed by atoms with Gasteiger partial charge in [0.15, 0.2) is 0 Å². The molecular formula is C14H17ClN4OS. The van der Waals surface area contributed by atoms with Gasteiger partial charge in [-0.1, -0.05) is 23.8 Å². The number of hydrogen-bond donors (Lipinski definition) is 2. The Labute approximate surface area is 134 Å². The maximum absolute atomic E-state index is 9.13. The number of anilines is 1. The van der Waals surface area contributed by atoms with Crippen LogP contribution in [0.2, 0.25) is 5.02 Å². The lowest BCUT2D eigenvalue weighted by Gasteiger charge is -2.35. The molecule has 5 nitrogen and oxygen atoms in total. The van der Waals surface area contributed by atoms with Gasteiger partial charge in [0.2, 0.25) is 0 Å². The highest BCUT2D eigenvalue weighted by atomic mass is 35.5. The quantitative estimate of drug-likeness (QED) is 0.828. The lowest BCUT2D eigenvalue weighted by molar-refractivity contribution is 0.339. The van der Waals surface area contributed by atoms with Crippen LogP contribution in [0.25, 0.3) is 0 Å². The Balaban J connectivity index is 2.32. The molecule has 1 fully saturated rings. The van der Waals surface area contributed by atoms with Gasteiger partial charge >= 0.3 is 0 Å². The topological polar surface area (TPSA) is 74.3 Å². The number of hydrazine groups is 1. The Kier molecular flexibility index (Phi) is 5.23. The van der Waals surface area contributed by atoms with Crippen molar-refractivity contribution in [2.75, 3.05) is 18.2 Å². The summed E-state index contributed by atoms with van der Waals surface area (Å²) >= 11 is 11.3. The van der Waals surface area contributed by atoms with Gasteiger partial charge in [0.05, 0.1) is 33.9 Å². The monoisotopic (exact) mass is 324 g/mol. The van der Waals surface area contributed by atoms with Gasteiger partial charge in [0.25, 0.3) is 0 Å². The lowest BCUT2D eigenvalue weighted by Crippen LogP contribution is -2.54. The fraction of sp³-hybridized carbons (Fsp3) is 0.429. The van der Waals surface area contributed by atoms with Crippen molar-refractivity contribution in [3.63, 3.8) is 0 Å². The van der Waals surface area contributed by atoms with Crippen LogP contribution in [0, 0.1) is 11.3 Å². The Morgan fingerprint density at radius 2 is 2.43 bits per heavy atom. The third-order valence-corrected chi connectivity index (χ3v) is 3.88. The second kappa shape index (κ2) is 6.94. The third-order valence-electron chi connectivity index (χ3n) is 3.29. The molecule has 0 bridgehead atoms. The summed E-state index contributed by atoms with van der Waals surface area (Å²) in [6, 6.07) is 5.44. The molecule has 3 N–H and O–H groups in total. The Bertz CT molecular complexity index is 587. The van der Waals surface area contributed by atoms with Crippen molar-refractivity contribution in [1.29, 1.82) is 5.26 Å². The molecule has 1 aliphatic heterocycles. The van der Waals surface area contributed by atoms with Gasteiger partial charge in [0.1, 0.15) is 11.8 Å². The maximum Gasteiger partial charge on any atom is 0.139 e. The van der Waals surface area contributed by atoms with Gasteiger partial charge in [-0.3, -0.25) is 0 Å². The summed E-state index contributed by atoms with van der Waals surface area (Å²) in [4.78, 5) is 0.439. The largest absolute Gasteiger partial charge is 0.492 e. The number of nitrogens with two attached hydrogens (primary N) is 1. The molecule has 0 amide bonds. The number of nitriles is 1. The summed E-state index contributed by atoms with van der Waals surface area (Å²) in [5.74, 6) is 0.527. The zero-order valence-electron chi connectivity index (χ0n) is 11.7. The van der Waals surface area contributed by atoms with Crippen LogP contribution < -0.4 is 20.9 Å². The van der Waals surface area contributed by atoms with Gasteiger partial charge in [-0.05, 0) is 25.8 Å². The summed E-state index contributed by atoms with van der Waals surface area (Å²) in [6.07, 6.45) is 1.85. The molecule has 0 spiro atoms. The van der Waals surface area contributed by atoms with E-state index in [1.807, 2.05) is 11.9 Å². The number of thiocarbonyl (C=S) groups is 1. The molecule has 0 radical (unpaired) electrons. The van der Waals surface area contributed by atoms with E-state index in [4.69, 9.17) is 39.6 Å². The molecule has 2 rings (SSSR count). The first kappa shape index (κ1) is 15.8. The average molecular weight is 325 g/mol. The van der Waals surface area contributed by atoms with E-state index < -0.39 is 0 Å². The van der Waals surface area contributed by atoms with E-state index >= 15 is 0 Å². The summed E-state index contributed by atoms with van der Waals surface area (Å²) in [7, 11) is 0. The van der Waals surface area contributed by atoms with Crippen LogP contribution in [0.4, 0.5) is 5.69 Å². The van der Waals surface area contributed by atoms with E-state index in [-0.39, 0.29) is 6.04 Å². The van der Waals surface area contributed by atoms with Gasteiger partial charge < -0.3 is 15.5 Å². The zero-order valence-corrected chi connectivity index (χ0v) is 13.3. The lowest BCUT2D eigenvalue weighted by atomic mass is 10.1. The molecule has 1 saturated heterocycles. The minimum Gasteiger partial charge on any atom is -0.492 e. The molecule has 21 heavy (non-hydrogen) atoms. The Hall–Kier alpha value is -1.55. The second-order valence-corrected chi connectivity index (χ2v) is 5.60. The fourth-order valence-electron chi connectivity index (χ4n) is 2.28. The number of benzene rings is 1. The minimum atomic E-state index is -0.0454. The molecule has 7 heteroatoms. The molecule has 0 aliphatic carbocycles. The third kappa shape index (κ3) is 3.56. The van der Waals surface area contributed by atoms with Crippen molar-refractivity contribution in [2.24, 2.45) is 5.73 Å². The predicted molar refractivity (Wildman–Crippen MR) is 87.6 cm³/mol. The van der Waals surface area contributed by atoms with Crippen molar-refractivity contribution >= 4 is 34.5 Å². The molecule has 1 heterocycles. The Morgan fingerprint density at radius 3 is 3.05 bits per heavy atom. The molecule has 1 unspecified atom stereocenters. The fourth-order valence-corrected chi connectivity index (χ4v) is 2.71. The first-order valence-corrected chi connectivity index (χ1v) is 7.55. The van der Waals surface area contributed by atoms with E-state index in [0.29, 0.717) is 27.9 Å². The summed E-state index contributed by atoms with van der Waals surface area (Å²) in [5.41, 5.74) is 10.2. The molecule has 1 aliphatic rings. The van der Waals surface area contributed by atoms with Crippen LogP contribution in [-0.4, -0.2) is 24.2 Å². The normalized spacial score (nSPS) is 18.1. The summed E-state index contributed by atoms with van der Waals surface area (Å²) in [6.45, 7) is 3.15. The van der Waals surface area contributed by atoms with Crippen LogP contribution in [0.5, 0.6) is 5.75 Å². The number of ether oxygens (including phenoxy) is 1. The van der Waals surface area contributed by atoms with Crippen molar-refractivity contribution in [1.82, 2.24) is 5.43 Å². The second-order valence-electron chi connectivity index (χ2n) is 4.72. The first-order valence-electron chi connectivity index (χ1n) is 6.76. The zero-order chi connectivity index (χ0) is 15.4. The van der Waals surface area contributed by atoms with Gasteiger partial charge in [-0.2, -0.15) is 5.26 Å². The van der Waals surface area contributed by atoms with Crippen molar-refractivity contribution < 1.29 is 4.74 Å². The number of halogens is 1. The number of hydrogen-bond acceptors (Lipinski definition) is 5. The molecule has 1 atom stereocenters. The molecule has 112 valence electrons. The first-order chi connectivity index (χ1) is 10.1. The molecule has 1 aromatic rings. The van der Waals surface area contributed by atoms with E-state index in [1.54, 1.807) is 12.1 Å².